The number of rotatable bonds is 1. The smallest absolute Gasteiger partial charge is 0.0949 e. The van der Waals surface area contributed by atoms with Gasteiger partial charge in [0.05, 0.1) is 3.72 Å². The highest BCUT2D eigenvalue weighted by Gasteiger charge is 1.81. The van der Waals surface area contributed by atoms with Crippen LogP contribution in [0.3, 0.4) is 0 Å². The summed E-state index contributed by atoms with van der Waals surface area (Å²) in [6.45, 7) is 4.12. The zero-order valence-electron chi connectivity index (χ0n) is 5.40. The van der Waals surface area contributed by atoms with Crippen molar-refractivity contribution >= 4 is 26.3 Å². The molecule has 46 valence electrons. The van der Waals surface area contributed by atoms with E-state index in [9.17, 15) is 0 Å². The van der Waals surface area contributed by atoms with Crippen LogP contribution in [0.25, 0.3) is 0 Å². The molecule has 0 unspecified atom stereocenters. The molecule has 0 saturated carbocycles. The molecule has 0 rings (SSSR count). The second-order valence-corrected chi connectivity index (χ2v) is 2.87. The molecular weight excluding hydrogens is 213 g/mol. The Morgan fingerprint density at radius 2 is 2.00 bits per heavy atom. The Hall–Kier alpha value is 0.140. The molecule has 0 amide bonds. The fraction of sp³-hybridized carbons (Fsp3) is 0.500. The van der Waals surface area contributed by atoms with Gasteiger partial charge in [-0.15, -0.1) is 0 Å². The lowest BCUT2D eigenvalue weighted by atomic mass is 10.3. The van der Waals surface area contributed by atoms with Crippen LogP contribution in [0.5, 0.6) is 0 Å². The second kappa shape index (κ2) is 4.06. The van der Waals surface area contributed by atoms with Gasteiger partial charge in [-0.05, 0) is 42.5 Å². The van der Waals surface area contributed by atoms with Crippen LogP contribution < -0.4 is 0 Å². The second-order valence-electron chi connectivity index (χ2n) is 1.77. The zero-order chi connectivity index (χ0) is 6.57. The maximum absolute atomic E-state index is 3.96. The van der Waals surface area contributed by atoms with E-state index in [-0.39, 0.29) is 0 Å². The third kappa shape index (κ3) is 4.30. The highest BCUT2D eigenvalue weighted by Crippen LogP contribution is 1.96. The van der Waals surface area contributed by atoms with Gasteiger partial charge in [-0.25, -0.2) is 0 Å². The number of nitrogens with zero attached hydrogens (tertiary/aromatic N) is 1. The van der Waals surface area contributed by atoms with Crippen LogP contribution in [0.2, 0.25) is 0 Å². The van der Waals surface area contributed by atoms with Gasteiger partial charge in [-0.3, -0.25) is 4.99 Å². The van der Waals surface area contributed by atoms with E-state index in [0.29, 0.717) is 0 Å². The maximum atomic E-state index is 3.96. The monoisotopic (exact) mass is 223 g/mol. The summed E-state index contributed by atoms with van der Waals surface area (Å²) < 4.78 is 1.06. The minimum absolute atomic E-state index is 1.06. The molecule has 0 spiro atoms. The Balaban J connectivity index is 3.89. The van der Waals surface area contributed by atoms with E-state index >= 15 is 0 Å². The molecule has 0 heterocycles. The van der Waals surface area contributed by atoms with Crippen molar-refractivity contribution in [2.75, 3.05) is 7.05 Å². The van der Waals surface area contributed by atoms with Crippen molar-refractivity contribution in [3.8, 4) is 0 Å². The van der Waals surface area contributed by atoms with E-state index in [2.05, 4.69) is 41.4 Å². The first kappa shape index (κ1) is 8.14. The lowest BCUT2D eigenvalue weighted by Gasteiger charge is -1.85. The Labute approximate surface area is 64.0 Å². The summed E-state index contributed by atoms with van der Waals surface area (Å²) >= 11 is 2.19. The predicted octanol–water partition coefficient (Wildman–Crippen LogP) is 2.42. The van der Waals surface area contributed by atoms with Crippen LogP contribution in [-0.2, 0) is 0 Å². The van der Waals surface area contributed by atoms with Crippen LogP contribution in [-0.4, -0.2) is 10.8 Å². The topological polar surface area (TPSA) is 12.4 Å². The molecule has 0 aromatic rings. The third-order valence-electron chi connectivity index (χ3n) is 0.621. The lowest BCUT2D eigenvalue weighted by molar-refractivity contribution is 1.39. The highest BCUT2D eigenvalue weighted by atomic mass is 127. The normalized spacial score (nSPS) is 11.2. The fourth-order valence-electron chi connectivity index (χ4n) is 0.303. The maximum Gasteiger partial charge on any atom is 0.0949 e. The van der Waals surface area contributed by atoms with Gasteiger partial charge < -0.3 is 0 Å². The molecule has 0 saturated heterocycles. The van der Waals surface area contributed by atoms with E-state index < -0.39 is 0 Å². The minimum Gasteiger partial charge on any atom is -0.282 e. The Morgan fingerprint density at radius 1 is 1.50 bits per heavy atom. The number of allylic oxidation sites excluding steroid dienone is 2. The van der Waals surface area contributed by atoms with Crippen LogP contribution >= 0.6 is 22.6 Å². The molecular formula is C6H10IN. The molecule has 0 bridgehead atoms. The molecule has 0 aliphatic rings. The van der Waals surface area contributed by atoms with Crippen molar-refractivity contribution in [1.29, 1.82) is 0 Å². The first-order valence-electron chi connectivity index (χ1n) is 2.44. The summed E-state index contributed by atoms with van der Waals surface area (Å²) in [5.41, 5.74) is 1.29. The van der Waals surface area contributed by atoms with Crippen molar-refractivity contribution in [2.24, 2.45) is 4.99 Å². The molecule has 0 aromatic carbocycles. The number of halogens is 1. The molecule has 1 nitrogen and oxygen atoms in total. The molecule has 0 atom stereocenters. The summed E-state index contributed by atoms with van der Waals surface area (Å²) in [4.78, 5) is 3.96. The Bertz CT molecular complexity index is 120. The van der Waals surface area contributed by atoms with Gasteiger partial charge >= 0.3 is 0 Å². The van der Waals surface area contributed by atoms with E-state index in [1.54, 1.807) is 7.05 Å². The third-order valence-corrected chi connectivity index (χ3v) is 1.42. The van der Waals surface area contributed by atoms with Crippen LogP contribution in [0.15, 0.2) is 16.6 Å². The average Bonchev–Trinajstić information content (AvgIpc) is 1.65. The largest absolute Gasteiger partial charge is 0.282 e. The number of hydrogen-bond acceptors (Lipinski definition) is 1. The molecule has 0 aliphatic carbocycles. The van der Waals surface area contributed by atoms with Crippen molar-refractivity contribution < 1.29 is 0 Å². The summed E-state index contributed by atoms with van der Waals surface area (Å²) in [5.74, 6) is 0. The minimum atomic E-state index is 1.06. The van der Waals surface area contributed by atoms with Crippen molar-refractivity contribution in [2.45, 2.75) is 13.8 Å². The molecule has 2 heteroatoms. The summed E-state index contributed by atoms with van der Waals surface area (Å²) in [6.07, 6.45) is 2.04. The number of hydrogen-bond donors (Lipinski definition) is 0. The molecule has 0 N–H and O–H groups in total. The van der Waals surface area contributed by atoms with E-state index in [1.807, 2.05) is 6.08 Å². The van der Waals surface area contributed by atoms with Crippen LogP contribution in [0.4, 0.5) is 0 Å². The van der Waals surface area contributed by atoms with Gasteiger partial charge in [0.2, 0.25) is 0 Å². The number of aliphatic imine (C=N–C) groups is 1. The standard InChI is InChI=1S/C6H10IN/c1-5(2)4-6(7)8-3/h4H,1-3H3/b8-6+. The molecule has 0 fully saturated rings. The molecule has 0 aliphatic heterocycles. The van der Waals surface area contributed by atoms with Crippen LogP contribution in [0, 0.1) is 0 Å². The zero-order valence-corrected chi connectivity index (χ0v) is 7.56. The van der Waals surface area contributed by atoms with Gasteiger partial charge in [-0.2, -0.15) is 0 Å². The SMILES string of the molecule is C/N=C(/I)C=C(C)C. The van der Waals surface area contributed by atoms with Crippen molar-refractivity contribution in [3.63, 3.8) is 0 Å². The van der Waals surface area contributed by atoms with Gasteiger partial charge in [-0.1, -0.05) is 5.57 Å². The quantitative estimate of drug-likeness (QED) is 0.478. The van der Waals surface area contributed by atoms with Crippen LogP contribution in [0.1, 0.15) is 13.8 Å². The van der Waals surface area contributed by atoms with Gasteiger partial charge in [0.25, 0.3) is 0 Å². The van der Waals surface area contributed by atoms with Crippen molar-refractivity contribution in [1.82, 2.24) is 0 Å². The van der Waals surface area contributed by atoms with Crippen molar-refractivity contribution in [3.05, 3.63) is 11.6 Å². The van der Waals surface area contributed by atoms with Gasteiger partial charge in [0.1, 0.15) is 0 Å². The highest BCUT2D eigenvalue weighted by molar-refractivity contribution is 14.1. The van der Waals surface area contributed by atoms with Gasteiger partial charge in [0.15, 0.2) is 0 Å². The van der Waals surface area contributed by atoms with E-state index in [1.165, 1.54) is 5.57 Å². The average molecular weight is 223 g/mol. The first-order chi connectivity index (χ1) is 3.66. The summed E-state index contributed by atoms with van der Waals surface area (Å²) in [5, 5.41) is 0. The molecule has 0 radical (unpaired) electrons. The lowest BCUT2D eigenvalue weighted by Crippen LogP contribution is -1.77. The molecule has 0 aromatic heterocycles. The van der Waals surface area contributed by atoms with E-state index in [4.69, 9.17) is 0 Å². The van der Waals surface area contributed by atoms with E-state index in [0.717, 1.165) is 3.72 Å². The predicted molar refractivity (Wildman–Crippen MR) is 46.8 cm³/mol. The Morgan fingerprint density at radius 3 is 2.12 bits per heavy atom. The fourth-order valence-corrected chi connectivity index (χ4v) is 0.926. The van der Waals surface area contributed by atoms with Gasteiger partial charge in [0, 0.05) is 7.05 Å². The Kier molecular flexibility index (Phi) is 4.13. The molecule has 8 heavy (non-hydrogen) atoms. The first-order valence-corrected chi connectivity index (χ1v) is 3.52. The summed E-state index contributed by atoms with van der Waals surface area (Å²) in [6, 6.07) is 0. The summed E-state index contributed by atoms with van der Waals surface area (Å²) in [7, 11) is 1.79.